The second-order valence-electron chi connectivity index (χ2n) is 4.27. The molecule has 6 nitrogen and oxygen atoms in total. The fourth-order valence-electron chi connectivity index (χ4n) is 1.68. The Morgan fingerprint density at radius 3 is 2.86 bits per heavy atom. The van der Waals surface area contributed by atoms with Gasteiger partial charge in [-0.1, -0.05) is 0 Å². The van der Waals surface area contributed by atoms with Gasteiger partial charge in [-0.2, -0.15) is 0 Å². The highest BCUT2D eigenvalue weighted by atomic mass is 79.9. The standard InChI is InChI=1S/C14H14BrN3O3/c1-21-7-6-18-9-11(3-5-13(18)19)17-14(20)10-2-4-12(15)16-8-10/h2-5,8-9H,6-7H2,1H3,(H,17,20). The van der Waals surface area contributed by atoms with Gasteiger partial charge in [-0.25, -0.2) is 4.98 Å². The van der Waals surface area contributed by atoms with E-state index in [1.807, 2.05) is 0 Å². The molecule has 0 saturated carbocycles. The van der Waals surface area contributed by atoms with Gasteiger partial charge in [0.25, 0.3) is 11.5 Å². The number of nitrogens with zero attached hydrogens (tertiary/aromatic N) is 2. The van der Waals surface area contributed by atoms with Crippen molar-refractivity contribution >= 4 is 27.5 Å². The summed E-state index contributed by atoms with van der Waals surface area (Å²) in [6.45, 7) is 0.854. The number of amides is 1. The first-order valence-corrected chi connectivity index (χ1v) is 7.02. The van der Waals surface area contributed by atoms with Crippen LogP contribution in [-0.4, -0.2) is 29.2 Å². The van der Waals surface area contributed by atoms with Crippen LogP contribution < -0.4 is 10.9 Å². The molecule has 2 heterocycles. The number of hydrogen-bond acceptors (Lipinski definition) is 4. The van der Waals surface area contributed by atoms with E-state index in [2.05, 4.69) is 26.2 Å². The molecule has 1 N–H and O–H groups in total. The van der Waals surface area contributed by atoms with Gasteiger partial charge in [-0.05, 0) is 34.1 Å². The topological polar surface area (TPSA) is 73.2 Å². The lowest BCUT2D eigenvalue weighted by Gasteiger charge is -2.09. The minimum absolute atomic E-state index is 0.143. The van der Waals surface area contributed by atoms with Crippen molar-refractivity contribution in [2.75, 3.05) is 19.0 Å². The van der Waals surface area contributed by atoms with Crippen molar-refractivity contribution in [2.45, 2.75) is 6.54 Å². The molecule has 7 heteroatoms. The number of anilines is 1. The van der Waals surface area contributed by atoms with Crippen molar-refractivity contribution in [3.8, 4) is 0 Å². The Kier molecular flexibility index (Phi) is 5.24. The van der Waals surface area contributed by atoms with E-state index in [1.165, 1.54) is 16.8 Å². The molecule has 0 saturated heterocycles. The van der Waals surface area contributed by atoms with Crippen LogP contribution in [-0.2, 0) is 11.3 Å². The molecule has 0 atom stereocenters. The third-order valence-electron chi connectivity index (χ3n) is 2.77. The summed E-state index contributed by atoms with van der Waals surface area (Å²) >= 11 is 3.21. The SMILES string of the molecule is COCCn1cc(NC(=O)c2ccc(Br)nc2)ccc1=O. The third kappa shape index (κ3) is 4.24. The molecule has 0 aliphatic rings. The molecule has 0 aliphatic carbocycles. The van der Waals surface area contributed by atoms with E-state index in [9.17, 15) is 9.59 Å². The summed E-state index contributed by atoms with van der Waals surface area (Å²) in [4.78, 5) is 27.7. The quantitative estimate of drug-likeness (QED) is 0.835. The van der Waals surface area contributed by atoms with Crippen molar-refractivity contribution in [3.05, 3.63) is 57.2 Å². The molecule has 110 valence electrons. The number of nitrogens with one attached hydrogen (secondary N) is 1. The minimum Gasteiger partial charge on any atom is -0.383 e. The smallest absolute Gasteiger partial charge is 0.257 e. The first-order chi connectivity index (χ1) is 10.1. The van der Waals surface area contributed by atoms with Crippen LogP contribution in [0.2, 0.25) is 0 Å². The van der Waals surface area contributed by atoms with E-state index >= 15 is 0 Å². The first-order valence-electron chi connectivity index (χ1n) is 6.22. The lowest BCUT2D eigenvalue weighted by molar-refractivity contribution is 0.102. The van der Waals surface area contributed by atoms with Gasteiger partial charge in [0.15, 0.2) is 0 Å². The second-order valence-corrected chi connectivity index (χ2v) is 5.08. The second kappa shape index (κ2) is 7.14. The van der Waals surface area contributed by atoms with Crippen molar-refractivity contribution in [3.63, 3.8) is 0 Å². The van der Waals surface area contributed by atoms with Gasteiger partial charge in [0, 0.05) is 32.1 Å². The summed E-state index contributed by atoms with van der Waals surface area (Å²) in [5.41, 5.74) is 0.835. The molecular weight excluding hydrogens is 338 g/mol. The van der Waals surface area contributed by atoms with Crippen LogP contribution in [0.15, 0.2) is 46.1 Å². The zero-order valence-corrected chi connectivity index (χ0v) is 13.0. The van der Waals surface area contributed by atoms with Crippen molar-refractivity contribution in [1.29, 1.82) is 0 Å². The zero-order valence-electron chi connectivity index (χ0n) is 11.4. The molecule has 21 heavy (non-hydrogen) atoms. The largest absolute Gasteiger partial charge is 0.383 e. The number of hydrogen-bond donors (Lipinski definition) is 1. The maximum absolute atomic E-state index is 12.1. The minimum atomic E-state index is -0.285. The lowest BCUT2D eigenvalue weighted by Crippen LogP contribution is -2.22. The van der Waals surface area contributed by atoms with E-state index in [4.69, 9.17) is 4.74 Å². The average molecular weight is 352 g/mol. The molecule has 0 aliphatic heterocycles. The molecule has 2 rings (SSSR count). The number of aromatic nitrogens is 2. The molecule has 0 fully saturated rings. The fraction of sp³-hybridized carbons (Fsp3) is 0.214. The van der Waals surface area contributed by atoms with E-state index in [-0.39, 0.29) is 11.5 Å². The molecule has 0 unspecified atom stereocenters. The van der Waals surface area contributed by atoms with Gasteiger partial charge >= 0.3 is 0 Å². The van der Waals surface area contributed by atoms with E-state index in [0.717, 1.165) is 0 Å². The summed E-state index contributed by atoms with van der Waals surface area (Å²) in [7, 11) is 1.57. The van der Waals surface area contributed by atoms with Gasteiger partial charge in [-0.15, -0.1) is 0 Å². The first kappa shape index (κ1) is 15.4. The Balaban J connectivity index is 2.13. The Labute approximate surface area is 129 Å². The Morgan fingerprint density at radius 2 is 2.19 bits per heavy atom. The van der Waals surface area contributed by atoms with E-state index < -0.39 is 0 Å². The van der Waals surface area contributed by atoms with Gasteiger partial charge in [0.1, 0.15) is 4.60 Å². The molecule has 0 spiro atoms. The average Bonchev–Trinajstić information content (AvgIpc) is 2.48. The summed E-state index contributed by atoms with van der Waals surface area (Å²) < 4.78 is 7.09. The normalized spacial score (nSPS) is 10.4. The van der Waals surface area contributed by atoms with Crippen LogP contribution in [0.3, 0.4) is 0 Å². The van der Waals surface area contributed by atoms with Crippen LogP contribution in [0.4, 0.5) is 5.69 Å². The fourth-order valence-corrected chi connectivity index (χ4v) is 1.92. The van der Waals surface area contributed by atoms with Crippen LogP contribution in [0, 0.1) is 0 Å². The summed E-state index contributed by atoms with van der Waals surface area (Å²) in [5, 5.41) is 2.73. The molecule has 2 aromatic heterocycles. The Morgan fingerprint density at radius 1 is 1.38 bits per heavy atom. The third-order valence-corrected chi connectivity index (χ3v) is 3.24. The number of carbonyl (C=O) groups excluding carboxylic acids is 1. The van der Waals surface area contributed by atoms with Crippen molar-refractivity contribution in [1.82, 2.24) is 9.55 Å². The molecule has 0 radical (unpaired) electrons. The van der Waals surface area contributed by atoms with E-state index in [0.29, 0.717) is 29.0 Å². The summed E-state index contributed by atoms with van der Waals surface area (Å²) in [6.07, 6.45) is 3.06. The van der Waals surface area contributed by atoms with Crippen LogP contribution >= 0.6 is 15.9 Å². The zero-order chi connectivity index (χ0) is 15.2. The van der Waals surface area contributed by atoms with Crippen molar-refractivity contribution < 1.29 is 9.53 Å². The Bertz CT molecular complexity index is 683. The summed E-state index contributed by atoms with van der Waals surface area (Å²) in [6, 6.07) is 6.32. The molecule has 0 aromatic carbocycles. The number of rotatable bonds is 5. The predicted octanol–water partition coefficient (Wildman–Crippen LogP) is 1.90. The van der Waals surface area contributed by atoms with Crippen molar-refractivity contribution in [2.24, 2.45) is 0 Å². The number of halogens is 1. The monoisotopic (exact) mass is 351 g/mol. The number of pyridine rings is 2. The number of carbonyl (C=O) groups is 1. The molecule has 2 aromatic rings. The van der Waals surface area contributed by atoms with Crippen LogP contribution in [0.1, 0.15) is 10.4 Å². The van der Waals surface area contributed by atoms with Gasteiger partial charge in [-0.3, -0.25) is 9.59 Å². The van der Waals surface area contributed by atoms with Crippen LogP contribution in [0.5, 0.6) is 0 Å². The maximum Gasteiger partial charge on any atom is 0.257 e. The molecule has 0 bridgehead atoms. The Hall–Kier alpha value is -1.99. The van der Waals surface area contributed by atoms with Gasteiger partial charge in [0.05, 0.1) is 17.9 Å². The van der Waals surface area contributed by atoms with E-state index in [1.54, 1.807) is 31.5 Å². The van der Waals surface area contributed by atoms with Gasteiger partial charge in [0.2, 0.25) is 0 Å². The summed E-state index contributed by atoms with van der Waals surface area (Å²) in [5.74, 6) is -0.285. The van der Waals surface area contributed by atoms with Gasteiger partial charge < -0.3 is 14.6 Å². The highest BCUT2D eigenvalue weighted by Crippen LogP contribution is 2.09. The lowest BCUT2D eigenvalue weighted by atomic mass is 10.2. The number of methoxy groups -OCH3 is 1. The highest BCUT2D eigenvalue weighted by molar-refractivity contribution is 9.10. The maximum atomic E-state index is 12.1. The number of ether oxygens (including phenoxy) is 1. The predicted molar refractivity (Wildman–Crippen MR) is 82.5 cm³/mol. The van der Waals surface area contributed by atoms with Crippen LogP contribution in [0.25, 0.3) is 0 Å². The molecular formula is C14H14BrN3O3. The highest BCUT2D eigenvalue weighted by Gasteiger charge is 2.07. The molecule has 1 amide bonds.